The third-order valence-corrected chi connectivity index (χ3v) is 4.29. The van der Waals surface area contributed by atoms with Gasteiger partial charge in [-0.1, -0.05) is 35.5 Å². The number of rotatable bonds is 6. The van der Waals surface area contributed by atoms with E-state index in [-0.39, 0.29) is 18.4 Å². The zero-order chi connectivity index (χ0) is 16.8. The van der Waals surface area contributed by atoms with Crippen molar-refractivity contribution in [3.8, 4) is 0 Å². The van der Waals surface area contributed by atoms with Gasteiger partial charge in [0.2, 0.25) is 11.8 Å². The van der Waals surface area contributed by atoms with Crippen LogP contribution in [0.4, 0.5) is 0 Å². The number of aromatic nitrogens is 2. The number of aryl methyl sites for hydroxylation is 1. The van der Waals surface area contributed by atoms with Crippen LogP contribution in [-0.2, 0) is 16.0 Å². The Labute approximate surface area is 141 Å². The van der Waals surface area contributed by atoms with Gasteiger partial charge >= 0.3 is 0 Å². The predicted molar refractivity (Wildman–Crippen MR) is 88.6 cm³/mol. The second kappa shape index (κ2) is 8.06. The summed E-state index contributed by atoms with van der Waals surface area (Å²) in [6.45, 7) is 3.87. The largest absolute Gasteiger partial charge is 0.371 e. The lowest BCUT2D eigenvalue weighted by molar-refractivity contribution is -0.137. The Bertz CT molecular complexity index is 657. The van der Waals surface area contributed by atoms with Crippen molar-refractivity contribution in [2.24, 2.45) is 0 Å². The van der Waals surface area contributed by atoms with Crippen molar-refractivity contribution in [3.63, 3.8) is 0 Å². The third kappa shape index (κ3) is 4.41. The quantitative estimate of drug-likeness (QED) is 0.761. The van der Waals surface area contributed by atoms with E-state index < -0.39 is 0 Å². The van der Waals surface area contributed by atoms with Crippen LogP contribution in [0.1, 0.15) is 36.0 Å². The number of ether oxygens (including phenoxy) is 1. The number of piperidine rings is 1. The Kier molecular flexibility index (Phi) is 5.59. The lowest BCUT2D eigenvalue weighted by atomic mass is 9.97. The van der Waals surface area contributed by atoms with Crippen molar-refractivity contribution in [2.45, 2.75) is 32.1 Å². The Balaban J connectivity index is 1.43. The van der Waals surface area contributed by atoms with Gasteiger partial charge in [-0.2, -0.15) is 4.98 Å². The first kappa shape index (κ1) is 16.6. The summed E-state index contributed by atoms with van der Waals surface area (Å²) in [4.78, 5) is 18.5. The van der Waals surface area contributed by atoms with Gasteiger partial charge in [-0.15, -0.1) is 0 Å². The molecule has 2 heterocycles. The smallest absolute Gasteiger partial charge is 0.248 e. The van der Waals surface area contributed by atoms with Crippen LogP contribution in [0.5, 0.6) is 0 Å². The van der Waals surface area contributed by atoms with E-state index in [0.29, 0.717) is 24.9 Å². The molecule has 0 radical (unpaired) electrons. The molecule has 1 aromatic carbocycles. The molecule has 0 saturated carbocycles. The second-order valence-corrected chi connectivity index (χ2v) is 6.14. The summed E-state index contributed by atoms with van der Waals surface area (Å²) >= 11 is 0. The first-order valence-corrected chi connectivity index (χ1v) is 8.42. The maximum Gasteiger partial charge on any atom is 0.248 e. The van der Waals surface area contributed by atoms with Gasteiger partial charge in [0.1, 0.15) is 6.61 Å². The minimum atomic E-state index is 0.0352. The minimum Gasteiger partial charge on any atom is -0.371 e. The molecule has 2 aromatic rings. The topological polar surface area (TPSA) is 68.5 Å². The van der Waals surface area contributed by atoms with E-state index in [2.05, 4.69) is 22.3 Å². The summed E-state index contributed by atoms with van der Waals surface area (Å²) in [7, 11) is 0. The summed E-state index contributed by atoms with van der Waals surface area (Å²) in [6, 6.07) is 10.1. The number of hydrogen-bond acceptors (Lipinski definition) is 5. The molecule has 6 heteroatoms. The molecule has 1 amide bonds. The SMILES string of the molecule is Cc1nc([C@@H]2CCCN(C(=O)COCCc3ccccc3)C2)no1. The highest BCUT2D eigenvalue weighted by Crippen LogP contribution is 2.24. The molecule has 0 unspecified atom stereocenters. The molecule has 128 valence electrons. The fourth-order valence-corrected chi connectivity index (χ4v) is 2.98. The highest BCUT2D eigenvalue weighted by Gasteiger charge is 2.27. The van der Waals surface area contributed by atoms with E-state index >= 15 is 0 Å². The average Bonchev–Trinajstić information content (AvgIpc) is 3.06. The molecule has 1 saturated heterocycles. The Morgan fingerprint density at radius 2 is 2.21 bits per heavy atom. The molecule has 1 aromatic heterocycles. The van der Waals surface area contributed by atoms with Gasteiger partial charge < -0.3 is 14.2 Å². The van der Waals surface area contributed by atoms with Crippen LogP contribution in [-0.4, -0.2) is 47.3 Å². The molecule has 1 fully saturated rings. The number of hydrogen-bond donors (Lipinski definition) is 0. The molecule has 6 nitrogen and oxygen atoms in total. The average molecular weight is 329 g/mol. The highest BCUT2D eigenvalue weighted by atomic mass is 16.5. The number of nitrogens with zero attached hydrogens (tertiary/aromatic N) is 3. The Hall–Kier alpha value is -2.21. The third-order valence-electron chi connectivity index (χ3n) is 4.29. The molecule has 3 rings (SSSR count). The highest BCUT2D eigenvalue weighted by molar-refractivity contribution is 5.77. The molecular formula is C18H23N3O3. The lowest BCUT2D eigenvalue weighted by Crippen LogP contribution is -2.41. The summed E-state index contributed by atoms with van der Waals surface area (Å²) in [5, 5.41) is 3.99. The van der Waals surface area contributed by atoms with Crippen molar-refractivity contribution < 1.29 is 14.1 Å². The summed E-state index contributed by atoms with van der Waals surface area (Å²) in [5.41, 5.74) is 1.22. The maximum atomic E-state index is 12.3. The summed E-state index contributed by atoms with van der Waals surface area (Å²) < 4.78 is 10.6. The van der Waals surface area contributed by atoms with Crippen molar-refractivity contribution in [1.82, 2.24) is 15.0 Å². The van der Waals surface area contributed by atoms with Gasteiger partial charge in [0.25, 0.3) is 0 Å². The van der Waals surface area contributed by atoms with Gasteiger partial charge in [0.15, 0.2) is 5.82 Å². The van der Waals surface area contributed by atoms with Crippen LogP contribution >= 0.6 is 0 Å². The zero-order valence-electron chi connectivity index (χ0n) is 14.0. The van der Waals surface area contributed by atoms with Crippen LogP contribution < -0.4 is 0 Å². The number of benzene rings is 1. The Morgan fingerprint density at radius 1 is 1.38 bits per heavy atom. The normalized spacial score (nSPS) is 17.9. The van der Waals surface area contributed by atoms with Crippen molar-refractivity contribution in [1.29, 1.82) is 0 Å². The monoisotopic (exact) mass is 329 g/mol. The van der Waals surface area contributed by atoms with E-state index in [1.165, 1.54) is 5.56 Å². The van der Waals surface area contributed by atoms with Gasteiger partial charge in [-0.05, 0) is 24.8 Å². The maximum absolute atomic E-state index is 12.3. The molecule has 1 aliphatic heterocycles. The Morgan fingerprint density at radius 3 is 2.96 bits per heavy atom. The van der Waals surface area contributed by atoms with Crippen LogP contribution in [0.25, 0.3) is 0 Å². The van der Waals surface area contributed by atoms with Gasteiger partial charge in [0, 0.05) is 25.9 Å². The van der Waals surface area contributed by atoms with Gasteiger partial charge in [-0.3, -0.25) is 4.79 Å². The molecule has 0 aliphatic carbocycles. The second-order valence-electron chi connectivity index (χ2n) is 6.14. The first-order chi connectivity index (χ1) is 11.7. The lowest BCUT2D eigenvalue weighted by Gasteiger charge is -2.31. The standard InChI is InChI=1S/C18H23N3O3/c1-14-19-18(20-24-14)16-8-5-10-21(12-16)17(22)13-23-11-9-15-6-3-2-4-7-15/h2-4,6-7,16H,5,8-13H2,1H3/t16-/m1/s1. The van der Waals surface area contributed by atoms with E-state index in [1.807, 2.05) is 23.1 Å². The fourth-order valence-electron chi connectivity index (χ4n) is 2.98. The number of likely N-dealkylation sites (tertiary alicyclic amines) is 1. The van der Waals surface area contributed by atoms with Crippen LogP contribution in [0.15, 0.2) is 34.9 Å². The van der Waals surface area contributed by atoms with Crippen LogP contribution in [0.3, 0.4) is 0 Å². The summed E-state index contributed by atoms with van der Waals surface area (Å²) in [6.07, 6.45) is 2.75. The number of carbonyl (C=O) groups excluding carboxylic acids is 1. The molecule has 0 spiro atoms. The number of carbonyl (C=O) groups is 1. The molecule has 1 aliphatic rings. The van der Waals surface area contributed by atoms with Gasteiger partial charge in [-0.25, -0.2) is 0 Å². The first-order valence-electron chi connectivity index (χ1n) is 8.42. The minimum absolute atomic E-state index is 0.0352. The van der Waals surface area contributed by atoms with Crippen molar-refractivity contribution in [2.75, 3.05) is 26.3 Å². The van der Waals surface area contributed by atoms with Crippen LogP contribution in [0.2, 0.25) is 0 Å². The van der Waals surface area contributed by atoms with E-state index in [9.17, 15) is 4.79 Å². The molecule has 1 atom stereocenters. The molecule has 0 bridgehead atoms. The van der Waals surface area contributed by atoms with Crippen molar-refractivity contribution >= 4 is 5.91 Å². The van der Waals surface area contributed by atoms with E-state index in [4.69, 9.17) is 9.26 Å². The fraction of sp³-hybridized carbons (Fsp3) is 0.500. The van der Waals surface area contributed by atoms with Crippen molar-refractivity contribution in [3.05, 3.63) is 47.6 Å². The zero-order valence-corrected chi connectivity index (χ0v) is 14.0. The molecule has 0 N–H and O–H groups in total. The van der Waals surface area contributed by atoms with Crippen LogP contribution in [0, 0.1) is 6.92 Å². The summed E-state index contributed by atoms with van der Waals surface area (Å²) in [5.74, 6) is 1.46. The van der Waals surface area contributed by atoms with Gasteiger partial charge in [0.05, 0.1) is 6.61 Å². The van der Waals surface area contributed by atoms with E-state index in [1.54, 1.807) is 6.92 Å². The number of amides is 1. The molecular weight excluding hydrogens is 306 g/mol. The predicted octanol–water partition coefficient (Wildman–Crippen LogP) is 2.34. The van der Waals surface area contributed by atoms with E-state index in [0.717, 1.165) is 25.8 Å². The molecule has 24 heavy (non-hydrogen) atoms.